The van der Waals surface area contributed by atoms with Crippen LogP contribution in [0.5, 0.6) is 11.5 Å². The predicted molar refractivity (Wildman–Crippen MR) is 150 cm³/mol. The fourth-order valence-electron chi connectivity index (χ4n) is 3.89. The van der Waals surface area contributed by atoms with E-state index in [2.05, 4.69) is 5.32 Å². The number of methoxy groups -OCH3 is 2. The van der Waals surface area contributed by atoms with Gasteiger partial charge in [-0.05, 0) is 72.7 Å². The molecule has 0 spiro atoms. The molecule has 1 N–H and O–H groups in total. The summed E-state index contributed by atoms with van der Waals surface area (Å²) in [7, 11) is 3.18. The van der Waals surface area contributed by atoms with Gasteiger partial charge in [0.1, 0.15) is 12.4 Å². The van der Waals surface area contributed by atoms with Crippen LogP contribution < -0.4 is 14.8 Å². The van der Waals surface area contributed by atoms with E-state index in [0.717, 1.165) is 16.0 Å². The quantitative estimate of drug-likeness (QED) is 0.278. The van der Waals surface area contributed by atoms with E-state index in [-0.39, 0.29) is 17.5 Å². The molecule has 7 nitrogen and oxygen atoms in total. The van der Waals surface area contributed by atoms with Crippen molar-refractivity contribution in [3.63, 3.8) is 0 Å². The van der Waals surface area contributed by atoms with Crippen LogP contribution in [0.2, 0.25) is 5.02 Å². The van der Waals surface area contributed by atoms with Crippen LogP contribution in [0.1, 0.15) is 29.3 Å². The number of ether oxygens (including phenoxy) is 2. The van der Waals surface area contributed by atoms with Gasteiger partial charge in [0, 0.05) is 23.7 Å². The van der Waals surface area contributed by atoms with Crippen LogP contribution in [0, 0.1) is 12.7 Å². The van der Waals surface area contributed by atoms with Crippen LogP contribution in [0.25, 0.3) is 0 Å². The van der Waals surface area contributed by atoms with Gasteiger partial charge in [-0.2, -0.15) is 0 Å². The van der Waals surface area contributed by atoms with Crippen molar-refractivity contribution in [2.45, 2.75) is 33.2 Å². The summed E-state index contributed by atoms with van der Waals surface area (Å²) in [6, 6.07) is 11.2. The summed E-state index contributed by atoms with van der Waals surface area (Å²) in [6.07, 6.45) is 1.27. The zero-order valence-corrected chi connectivity index (χ0v) is 23.6. The Labute approximate surface area is 232 Å². The fraction of sp³-hybridized carbons (Fsp3) is 0.357. The van der Waals surface area contributed by atoms with Gasteiger partial charge in [-0.15, -0.1) is 11.3 Å². The first kappa shape index (κ1) is 29.3. The van der Waals surface area contributed by atoms with E-state index in [1.54, 1.807) is 30.5 Å². The molecule has 3 aromatic rings. The number of urea groups is 1. The molecule has 2 aromatic carbocycles. The zero-order valence-electron chi connectivity index (χ0n) is 22.1. The third-order valence-electron chi connectivity index (χ3n) is 6.05. The van der Waals surface area contributed by atoms with Crippen molar-refractivity contribution in [1.29, 1.82) is 0 Å². The van der Waals surface area contributed by atoms with Gasteiger partial charge in [-0.1, -0.05) is 24.6 Å². The molecule has 1 heterocycles. The van der Waals surface area contributed by atoms with Gasteiger partial charge in [0.25, 0.3) is 0 Å². The third-order valence-corrected chi connectivity index (χ3v) is 7.35. The van der Waals surface area contributed by atoms with Crippen molar-refractivity contribution in [1.82, 2.24) is 9.80 Å². The van der Waals surface area contributed by atoms with Crippen LogP contribution in [0.3, 0.4) is 0 Å². The average molecular weight is 562 g/mol. The van der Waals surface area contributed by atoms with Crippen molar-refractivity contribution < 1.29 is 23.5 Å². The average Bonchev–Trinajstić information content (AvgIpc) is 3.31. The molecule has 0 bridgehead atoms. The maximum Gasteiger partial charge on any atom is 0.322 e. The highest BCUT2D eigenvalue weighted by molar-refractivity contribution is 7.10. The molecular formula is C28H33ClFN3O4S. The Morgan fingerprint density at radius 2 is 1.79 bits per heavy atom. The Bertz CT molecular complexity index is 1250. The summed E-state index contributed by atoms with van der Waals surface area (Å²) in [5.41, 5.74) is 2.48. The third kappa shape index (κ3) is 7.85. The van der Waals surface area contributed by atoms with Crippen LogP contribution in [0.15, 0.2) is 47.8 Å². The van der Waals surface area contributed by atoms with Crippen LogP contribution in [-0.4, -0.2) is 55.6 Å². The SMILES string of the molecule is CCCN(CC(=O)N(CCc1ccc(OC)c(OC)c1)Cc1sccc1C)C(=O)Nc1ccc(F)c(Cl)c1. The van der Waals surface area contributed by atoms with E-state index >= 15 is 0 Å². The van der Waals surface area contributed by atoms with Crippen LogP contribution in [-0.2, 0) is 17.8 Å². The Hall–Kier alpha value is -3.30. The van der Waals surface area contributed by atoms with Gasteiger partial charge in [-0.3, -0.25) is 4.79 Å². The number of rotatable bonds is 12. The summed E-state index contributed by atoms with van der Waals surface area (Å²) in [4.78, 5) is 30.9. The monoisotopic (exact) mass is 561 g/mol. The second-order valence-corrected chi connectivity index (χ2v) is 10.2. The number of hydrogen-bond donors (Lipinski definition) is 1. The molecule has 1 aromatic heterocycles. The molecule has 204 valence electrons. The molecule has 0 radical (unpaired) electrons. The smallest absolute Gasteiger partial charge is 0.322 e. The molecular weight excluding hydrogens is 529 g/mol. The van der Waals surface area contributed by atoms with Gasteiger partial charge in [0.05, 0.1) is 25.8 Å². The lowest BCUT2D eigenvalue weighted by molar-refractivity contribution is -0.132. The molecule has 10 heteroatoms. The lowest BCUT2D eigenvalue weighted by Gasteiger charge is -2.28. The highest BCUT2D eigenvalue weighted by Gasteiger charge is 2.22. The number of nitrogens with zero attached hydrogens (tertiary/aromatic N) is 2. The summed E-state index contributed by atoms with van der Waals surface area (Å²) in [5, 5.41) is 4.63. The van der Waals surface area contributed by atoms with Gasteiger partial charge < -0.3 is 24.6 Å². The van der Waals surface area contributed by atoms with Crippen LogP contribution in [0.4, 0.5) is 14.9 Å². The standard InChI is InChI=1S/C28H33ClFN3O4S/c1-5-12-33(28(35)31-21-7-8-23(30)22(29)16-21)18-27(34)32(17-26-19(2)11-14-38-26)13-10-20-6-9-24(36-3)25(15-20)37-4/h6-9,11,14-16H,5,10,12-13,17-18H2,1-4H3,(H,31,35). The van der Waals surface area contributed by atoms with Gasteiger partial charge >= 0.3 is 6.03 Å². The number of aryl methyl sites for hydroxylation is 1. The normalized spacial score (nSPS) is 10.7. The maximum atomic E-state index is 13.6. The molecule has 0 atom stereocenters. The van der Waals surface area contributed by atoms with Gasteiger partial charge in [0.2, 0.25) is 5.91 Å². The molecule has 0 saturated heterocycles. The van der Waals surface area contributed by atoms with Crippen molar-refractivity contribution in [3.8, 4) is 11.5 Å². The molecule has 0 aliphatic heterocycles. The molecule has 0 saturated carbocycles. The van der Waals surface area contributed by atoms with E-state index in [1.165, 1.54) is 23.1 Å². The summed E-state index contributed by atoms with van der Waals surface area (Å²) >= 11 is 7.45. The number of benzene rings is 2. The van der Waals surface area contributed by atoms with Gasteiger partial charge in [0.15, 0.2) is 11.5 Å². The van der Waals surface area contributed by atoms with Gasteiger partial charge in [-0.25, -0.2) is 9.18 Å². The second kappa shape index (κ2) is 14.0. The Morgan fingerprint density at radius 3 is 2.42 bits per heavy atom. The number of carbonyl (C=O) groups is 2. The first-order valence-electron chi connectivity index (χ1n) is 12.3. The maximum absolute atomic E-state index is 13.6. The first-order valence-corrected chi connectivity index (χ1v) is 13.5. The first-order chi connectivity index (χ1) is 18.2. The minimum absolute atomic E-state index is 0.0893. The molecule has 38 heavy (non-hydrogen) atoms. The lowest BCUT2D eigenvalue weighted by atomic mass is 10.1. The number of amides is 3. The van der Waals surface area contributed by atoms with Crippen LogP contribution >= 0.6 is 22.9 Å². The van der Waals surface area contributed by atoms with Crippen molar-refractivity contribution >= 4 is 40.6 Å². The fourth-order valence-corrected chi connectivity index (χ4v) is 4.99. The van der Waals surface area contributed by atoms with E-state index in [1.807, 2.05) is 43.5 Å². The largest absolute Gasteiger partial charge is 0.493 e. The number of carbonyl (C=O) groups excluding carboxylic acids is 2. The lowest BCUT2D eigenvalue weighted by Crippen LogP contribution is -2.45. The highest BCUT2D eigenvalue weighted by atomic mass is 35.5. The Morgan fingerprint density at radius 1 is 1.03 bits per heavy atom. The zero-order chi connectivity index (χ0) is 27.7. The molecule has 0 aliphatic rings. The van der Waals surface area contributed by atoms with E-state index in [0.29, 0.717) is 49.7 Å². The topological polar surface area (TPSA) is 71.1 Å². The van der Waals surface area contributed by atoms with Crippen molar-refractivity contribution in [3.05, 3.63) is 74.7 Å². The van der Waals surface area contributed by atoms with E-state index < -0.39 is 11.8 Å². The number of anilines is 1. The molecule has 3 amide bonds. The minimum atomic E-state index is -0.570. The summed E-state index contributed by atoms with van der Waals surface area (Å²) < 4.78 is 24.3. The number of hydrogen-bond acceptors (Lipinski definition) is 5. The Kier molecular flexibility index (Phi) is 10.8. The number of nitrogens with one attached hydrogen (secondary N) is 1. The number of thiophene rings is 1. The second-order valence-electron chi connectivity index (χ2n) is 8.76. The molecule has 0 aliphatic carbocycles. The predicted octanol–water partition coefficient (Wildman–Crippen LogP) is 6.38. The van der Waals surface area contributed by atoms with Crippen molar-refractivity contribution in [2.24, 2.45) is 0 Å². The highest BCUT2D eigenvalue weighted by Crippen LogP contribution is 2.28. The minimum Gasteiger partial charge on any atom is -0.493 e. The molecule has 0 fully saturated rings. The van der Waals surface area contributed by atoms with Crippen molar-refractivity contribution in [2.75, 3.05) is 39.2 Å². The molecule has 0 unspecified atom stereocenters. The number of halogens is 2. The Balaban J connectivity index is 1.75. The summed E-state index contributed by atoms with van der Waals surface area (Å²) in [6.45, 7) is 5.15. The van der Waals surface area contributed by atoms with E-state index in [4.69, 9.17) is 21.1 Å². The van der Waals surface area contributed by atoms with E-state index in [9.17, 15) is 14.0 Å². The molecule has 3 rings (SSSR count). The summed E-state index contributed by atoms with van der Waals surface area (Å²) in [5.74, 6) is 0.531.